The van der Waals surface area contributed by atoms with Crippen LogP contribution in [0.3, 0.4) is 0 Å². The standard InChI is InChI=1S/C15H16N2O3/c1-18-14-6-5-10(8-17-14)12-3-2-4-13-15(12)20-11(7-16)9-19-13/h2-6,8,11H,7,9,16H2,1H3. The number of ether oxygens (including phenoxy) is 3. The van der Waals surface area contributed by atoms with E-state index in [0.29, 0.717) is 19.0 Å². The number of hydrogen-bond donors (Lipinski definition) is 1. The number of nitrogens with two attached hydrogens (primary N) is 1. The highest BCUT2D eigenvalue weighted by Gasteiger charge is 2.23. The summed E-state index contributed by atoms with van der Waals surface area (Å²) in [5.74, 6) is 2.04. The molecule has 104 valence electrons. The Morgan fingerprint density at radius 2 is 2.25 bits per heavy atom. The summed E-state index contributed by atoms with van der Waals surface area (Å²) in [5, 5.41) is 0. The van der Waals surface area contributed by atoms with Crippen LogP contribution < -0.4 is 19.9 Å². The number of benzene rings is 1. The molecule has 2 aromatic rings. The predicted octanol–water partition coefficient (Wildman–Crippen LogP) is 1.86. The number of hydrogen-bond acceptors (Lipinski definition) is 5. The van der Waals surface area contributed by atoms with E-state index < -0.39 is 0 Å². The van der Waals surface area contributed by atoms with Gasteiger partial charge in [0.25, 0.3) is 0 Å². The van der Waals surface area contributed by atoms with Crippen LogP contribution in [0.15, 0.2) is 36.5 Å². The fraction of sp³-hybridized carbons (Fsp3) is 0.267. The molecule has 2 N–H and O–H groups in total. The van der Waals surface area contributed by atoms with Crippen molar-refractivity contribution in [2.75, 3.05) is 20.3 Å². The highest BCUT2D eigenvalue weighted by Crippen LogP contribution is 2.40. The maximum absolute atomic E-state index is 5.91. The average molecular weight is 272 g/mol. The van der Waals surface area contributed by atoms with E-state index >= 15 is 0 Å². The van der Waals surface area contributed by atoms with E-state index in [1.807, 2.05) is 30.3 Å². The zero-order valence-electron chi connectivity index (χ0n) is 11.2. The van der Waals surface area contributed by atoms with Crippen molar-refractivity contribution in [1.82, 2.24) is 4.98 Å². The fourth-order valence-electron chi connectivity index (χ4n) is 2.14. The van der Waals surface area contributed by atoms with Crippen LogP contribution in [0.2, 0.25) is 0 Å². The van der Waals surface area contributed by atoms with Crippen LogP contribution in [0.4, 0.5) is 0 Å². The summed E-state index contributed by atoms with van der Waals surface area (Å²) in [6.07, 6.45) is 1.64. The molecular formula is C15H16N2O3. The number of methoxy groups -OCH3 is 1. The molecule has 0 saturated heterocycles. The monoisotopic (exact) mass is 272 g/mol. The molecule has 0 aliphatic carbocycles. The van der Waals surface area contributed by atoms with Crippen molar-refractivity contribution in [3.8, 4) is 28.5 Å². The Hall–Kier alpha value is -2.27. The van der Waals surface area contributed by atoms with Gasteiger partial charge >= 0.3 is 0 Å². The molecule has 0 spiro atoms. The van der Waals surface area contributed by atoms with Crippen molar-refractivity contribution in [1.29, 1.82) is 0 Å². The Morgan fingerprint density at radius 3 is 2.95 bits per heavy atom. The molecule has 0 saturated carbocycles. The van der Waals surface area contributed by atoms with Gasteiger partial charge in [-0.25, -0.2) is 4.98 Å². The van der Waals surface area contributed by atoms with E-state index in [0.717, 1.165) is 22.6 Å². The van der Waals surface area contributed by atoms with Crippen LogP contribution in [-0.4, -0.2) is 31.3 Å². The maximum atomic E-state index is 5.91. The molecule has 2 heterocycles. The molecule has 0 amide bonds. The van der Waals surface area contributed by atoms with Crippen LogP contribution in [-0.2, 0) is 0 Å². The molecule has 5 nitrogen and oxygen atoms in total. The third kappa shape index (κ3) is 2.28. The highest BCUT2D eigenvalue weighted by molar-refractivity contribution is 5.73. The van der Waals surface area contributed by atoms with Crippen LogP contribution in [0.5, 0.6) is 17.4 Å². The molecule has 0 bridgehead atoms. The Morgan fingerprint density at radius 1 is 1.35 bits per heavy atom. The second-order valence-electron chi connectivity index (χ2n) is 4.51. The van der Waals surface area contributed by atoms with Crippen molar-refractivity contribution in [3.63, 3.8) is 0 Å². The van der Waals surface area contributed by atoms with E-state index in [-0.39, 0.29) is 6.10 Å². The van der Waals surface area contributed by atoms with E-state index in [1.54, 1.807) is 13.3 Å². The molecule has 0 fully saturated rings. The highest BCUT2D eigenvalue weighted by atomic mass is 16.6. The van der Waals surface area contributed by atoms with Gasteiger partial charge in [-0.15, -0.1) is 0 Å². The van der Waals surface area contributed by atoms with Gasteiger partial charge in [0.15, 0.2) is 11.5 Å². The van der Waals surface area contributed by atoms with Crippen LogP contribution in [0, 0.1) is 0 Å². The third-order valence-electron chi connectivity index (χ3n) is 3.21. The molecule has 5 heteroatoms. The van der Waals surface area contributed by atoms with Gasteiger partial charge in [-0.3, -0.25) is 0 Å². The zero-order valence-corrected chi connectivity index (χ0v) is 11.2. The summed E-state index contributed by atoms with van der Waals surface area (Å²) >= 11 is 0. The number of para-hydroxylation sites is 1. The molecule has 1 aromatic heterocycles. The maximum Gasteiger partial charge on any atom is 0.212 e. The Bertz CT molecular complexity index is 599. The summed E-state index contributed by atoms with van der Waals surface area (Å²) in [5.41, 5.74) is 7.54. The first-order valence-corrected chi connectivity index (χ1v) is 6.44. The number of pyridine rings is 1. The normalized spacial score (nSPS) is 16.8. The largest absolute Gasteiger partial charge is 0.486 e. The summed E-state index contributed by atoms with van der Waals surface area (Å²) in [6.45, 7) is 0.905. The summed E-state index contributed by atoms with van der Waals surface area (Å²) in [6, 6.07) is 9.56. The number of nitrogens with zero attached hydrogens (tertiary/aromatic N) is 1. The number of fused-ring (bicyclic) bond motifs is 1. The molecule has 1 aliphatic rings. The van der Waals surface area contributed by atoms with Gasteiger partial charge < -0.3 is 19.9 Å². The van der Waals surface area contributed by atoms with E-state index in [2.05, 4.69) is 4.98 Å². The first-order valence-electron chi connectivity index (χ1n) is 6.44. The quantitative estimate of drug-likeness (QED) is 0.923. The minimum absolute atomic E-state index is 0.116. The summed E-state index contributed by atoms with van der Waals surface area (Å²) < 4.78 is 16.7. The molecule has 20 heavy (non-hydrogen) atoms. The molecule has 1 atom stereocenters. The summed E-state index contributed by atoms with van der Waals surface area (Å²) in [4.78, 5) is 4.22. The first-order chi connectivity index (χ1) is 9.81. The number of aromatic nitrogens is 1. The van der Waals surface area contributed by atoms with Crippen molar-refractivity contribution in [3.05, 3.63) is 36.5 Å². The zero-order chi connectivity index (χ0) is 13.9. The van der Waals surface area contributed by atoms with Crippen molar-refractivity contribution < 1.29 is 14.2 Å². The van der Waals surface area contributed by atoms with E-state index in [4.69, 9.17) is 19.9 Å². The predicted molar refractivity (Wildman–Crippen MR) is 75.2 cm³/mol. The molecule has 1 aromatic carbocycles. The Balaban J connectivity index is 2.01. The topological polar surface area (TPSA) is 66.6 Å². The first kappa shape index (κ1) is 12.7. The van der Waals surface area contributed by atoms with Crippen molar-refractivity contribution in [2.45, 2.75) is 6.10 Å². The van der Waals surface area contributed by atoms with Gasteiger partial charge in [0, 0.05) is 29.9 Å². The minimum atomic E-state index is -0.116. The third-order valence-corrected chi connectivity index (χ3v) is 3.21. The lowest BCUT2D eigenvalue weighted by molar-refractivity contribution is 0.0976. The van der Waals surface area contributed by atoms with Gasteiger partial charge in [-0.05, 0) is 12.1 Å². The SMILES string of the molecule is COc1ccc(-c2cccc3c2OC(CN)CO3)cn1. The van der Waals surface area contributed by atoms with Crippen LogP contribution in [0.1, 0.15) is 0 Å². The number of rotatable bonds is 3. The van der Waals surface area contributed by atoms with Gasteiger partial charge in [-0.1, -0.05) is 12.1 Å². The average Bonchev–Trinajstić information content (AvgIpc) is 2.54. The molecule has 0 radical (unpaired) electrons. The second kappa shape index (κ2) is 5.38. The molecular weight excluding hydrogens is 256 g/mol. The molecule has 1 aliphatic heterocycles. The lowest BCUT2D eigenvalue weighted by atomic mass is 10.1. The molecule has 3 rings (SSSR count). The van der Waals surface area contributed by atoms with E-state index in [9.17, 15) is 0 Å². The van der Waals surface area contributed by atoms with Gasteiger partial charge in [0.1, 0.15) is 12.7 Å². The van der Waals surface area contributed by atoms with Gasteiger partial charge in [-0.2, -0.15) is 0 Å². The van der Waals surface area contributed by atoms with Crippen LogP contribution >= 0.6 is 0 Å². The smallest absolute Gasteiger partial charge is 0.212 e. The Labute approximate surface area is 117 Å². The van der Waals surface area contributed by atoms with Crippen molar-refractivity contribution >= 4 is 0 Å². The lowest BCUT2D eigenvalue weighted by Gasteiger charge is -2.27. The fourth-order valence-corrected chi connectivity index (χ4v) is 2.14. The second-order valence-corrected chi connectivity index (χ2v) is 4.51. The summed E-state index contributed by atoms with van der Waals surface area (Å²) in [7, 11) is 1.59. The van der Waals surface area contributed by atoms with Crippen LogP contribution in [0.25, 0.3) is 11.1 Å². The lowest BCUT2D eigenvalue weighted by Crippen LogP contribution is -2.35. The Kier molecular flexibility index (Phi) is 3.43. The van der Waals surface area contributed by atoms with Gasteiger partial charge in [0.05, 0.1) is 7.11 Å². The molecule has 1 unspecified atom stereocenters. The van der Waals surface area contributed by atoms with Crippen molar-refractivity contribution in [2.24, 2.45) is 5.73 Å². The minimum Gasteiger partial charge on any atom is -0.486 e. The van der Waals surface area contributed by atoms with Gasteiger partial charge in [0.2, 0.25) is 5.88 Å². The van der Waals surface area contributed by atoms with E-state index in [1.165, 1.54) is 0 Å².